The Morgan fingerprint density at radius 1 is 1.21 bits per heavy atom. The predicted molar refractivity (Wildman–Crippen MR) is 73.5 cm³/mol. The number of benzene rings is 1. The summed E-state index contributed by atoms with van der Waals surface area (Å²) < 4.78 is 5.23. The zero-order valence-electron chi connectivity index (χ0n) is 10.2. The summed E-state index contributed by atoms with van der Waals surface area (Å²) in [6.07, 6.45) is 0. The number of hydrogen-bond acceptors (Lipinski definition) is 7. The third-order valence-electron chi connectivity index (χ3n) is 2.14. The predicted octanol–water partition coefficient (Wildman–Crippen LogP) is 1.95. The van der Waals surface area contributed by atoms with Gasteiger partial charge >= 0.3 is 6.01 Å². The Balaban J connectivity index is 2.29. The Morgan fingerprint density at radius 3 is 2.63 bits per heavy atom. The fourth-order valence-electron chi connectivity index (χ4n) is 1.35. The normalized spacial score (nSPS) is 10.1. The summed E-state index contributed by atoms with van der Waals surface area (Å²) in [5.74, 6) is 5.79. The van der Waals surface area contributed by atoms with Crippen molar-refractivity contribution >= 4 is 29.2 Å². The molecule has 0 spiro atoms. The minimum atomic E-state index is 0.181. The van der Waals surface area contributed by atoms with Crippen molar-refractivity contribution in [1.29, 1.82) is 0 Å². The van der Waals surface area contributed by atoms with Crippen molar-refractivity contribution in [2.75, 3.05) is 17.3 Å². The topological polar surface area (TPSA) is 98.0 Å². The first-order chi connectivity index (χ1) is 9.22. The number of nitrogen functional groups attached to an aromatic ring is 1. The standard InChI is InChI=1S/C11H13ClN6O/c1-2-19-11-16-9(15-10(17-11)18-13)14-8-6-4-3-5-7(8)12/h3-6H,2,13H2,1H3,(H2,14,15,16,17,18). The van der Waals surface area contributed by atoms with Crippen LogP contribution in [0.5, 0.6) is 6.01 Å². The summed E-state index contributed by atoms with van der Waals surface area (Å²) in [5, 5.41) is 3.53. The van der Waals surface area contributed by atoms with Crippen LogP contribution in [0.2, 0.25) is 5.02 Å². The molecule has 0 unspecified atom stereocenters. The fraction of sp³-hybridized carbons (Fsp3) is 0.182. The van der Waals surface area contributed by atoms with Crippen LogP contribution in [0.1, 0.15) is 6.92 Å². The maximum atomic E-state index is 6.04. The van der Waals surface area contributed by atoms with Crippen LogP contribution in [0.4, 0.5) is 17.6 Å². The van der Waals surface area contributed by atoms with E-state index < -0.39 is 0 Å². The van der Waals surface area contributed by atoms with Crippen LogP contribution in [-0.4, -0.2) is 21.6 Å². The summed E-state index contributed by atoms with van der Waals surface area (Å²) in [6, 6.07) is 7.43. The lowest BCUT2D eigenvalue weighted by atomic mass is 10.3. The molecule has 8 heteroatoms. The largest absolute Gasteiger partial charge is 0.464 e. The van der Waals surface area contributed by atoms with Crippen LogP contribution in [0.15, 0.2) is 24.3 Å². The number of anilines is 3. The number of rotatable bonds is 5. The second kappa shape index (κ2) is 6.17. The molecule has 0 aliphatic carbocycles. The smallest absolute Gasteiger partial charge is 0.323 e. The Labute approximate surface area is 115 Å². The van der Waals surface area contributed by atoms with E-state index in [0.717, 1.165) is 0 Å². The number of nitrogens with zero attached hydrogens (tertiary/aromatic N) is 3. The second-order valence-corrected chi connectivity index (χ2v) is 3.85. The van der Waals surface area contributed by atoms with Gasteiger partial charge in [0.15, 0.2) is 0 Å². The van der Waals surface area contributed by atoms with Crippen molar-refractivity contribution in [2.45, 2.75) is 6.92 Å². The molecule has 7 nitrogen and oxygen atoms in total. The summed E-state index contributed by atoms with van der Waals surface area (Å²) in [5.41, 5.74) is 3.03. The van der Waals surface area contributed by atoms with Gasteiger partial charge in [0.2, 0.25) is 11.9 Å². The van der Waals surface area contributed by atoms with Crippen molar-refractivity contribution < 1.29 is 4.74 Å². The summed E-state index contributed by atoms with van der Waals surface area (Å²) >= 11 is 6.04. The molecule has 0 saturated heterocycles. The molecule has 2 aromatic rings. The molecule has 0 amide bonds. The average Bonchev–Trinajstić information content (AvgIpc) is 2.41. The Hall–Kier alpha value is -2.12. The maximum absolute atomic E-state index is 6.04. The number of aromatic nitrogens is 3. The summed E-state index contributed by atoms with van der Waals surface area (Å²) in [4.78, 5) is 12.1. The van der Waals surface area contributed by atoms with Gasteiger partial charge in [-0.3, -0.25) is 5.43 Å². The van der Waals surface area contributed by atoms with Crippen molar-refractivity contribution in [3.05, 3.63) is 29.3 Å². The van der Waals surface area contributed by atoms with E-state index >= 15 is 0 Å². The highest BCUT2D eigenvalue weighted by atomic mass is 35.5. The van der Waals surface area contributed by atoms with Crippen LogP contribution in [-0.2, 0) is 0 Å². The lowest BCUT2D eigenvalue weighted by Gasteiger charge is -2.09. The van der Waals surface area contributed by atoms with Crippen LogP contribution in [0, 0.1) is 0 Å². The molecule has 19 heavy (non-hydrogen) atoms. The number of ether oxygens (including phenoxy) is 1. The number of nitrogens with two attached hydrogens (primary N) is 1. The maximum Gasteiger partial charge on any atom is 0.323 e. The van der Waals surface area contributed by atoms with Crippen LogP contribution in [0.3, 0.4) is 0 Å². The van der Waals surface area contributed by atoms with Crippen LogP contribution in [0.25, 0.3) is 0 Å². The molecule has 4 N–H and O–H groups in total. The quantitative estimate of drug-likeness (QED) is 0.569. The molecule has 0 aliphatic heterocycles. The monoisotopic (exact) mass is 280 g/mol. The third kappa shape index (κ3) is 3.43. The van der Waals surface area contributed by atoms with Gasteiger partial charge in [-0.25, -0.2) is 5.84 Å². The van der Waals surface area contributed by atoms with E-state index in [1.165, 1.54) is 0 Å². The third-order valence-corrected chi connectivity index (χ3v) is 2.47. The molecule has 1 heterocycles. The fourth-order valence-corrected chi connectivity index (χ4v) is 1.54. The first kappa shape index (κ1) is 13.3. The molecule has 0 saturated carbocycles. The number of hydrogen-bond donors (Lipinski definition) is 3. The first-order valence-corrected chi connectivity index (χ1v) is 5.97. The molecule has 0 fully saturated rings. The van der Waals surface area contributed by atoms with Gasteiger partial charge in [0, 0.05) is 0 Å². The number of nitrogens with one attached hydrogen (secondary N) is 2. The van der Waals surface area contributed by atoms with Crippen molar-refractivity contribution in [3.63, 3.8) is 0 Å². The Bertz CT molecular complexity index is 565. The van der Waals surface area contributed by atoms with Gasteiger partial charge in [-0.05, 0) is 19.1 Å². The number of halogens is 1. The number of hydrazine groups is 1. The highest BCUT2D eigenvalue weighted by molar-refractivity contribution is 6.33. The van der Waals surface area contributed by atoms with Crippen molar-refractivity contribution in [1.82, 2.24) is 15.0 Å². The van der Waals surface area contributed by atoms with E-state index in [1.807, 2.05) is 25.1 Å². The van der Waals surface area contributed by atoms with Gasteiger partial charge in [0.25, 0.3) is 0 Å². The minimum absolute atomic E-state index is 0.181. The zero-order valence-corrected chi connectivity index (χ0v) is 11.0. The summed E-state index contributed by atoms with van der Waals surface area (Å²) in [6.45, 7) is 2.28. The van der Waals surface area contributed by atoms with E-state index in [4.69, 9.17) is 22.2 Å². The lowest BCUT2D eigenvalue weighted by molar-refractivity contribution is 0.312. The molecule has 0 radical (unpaired) electrons. The van der Waals surface area contributed by atoms with Crippen LogP contribution >= 0.6 is 11.6 Å². The zero-order chi connectivity index (χ0) is 13.7. The molecule has 0 atom stereocenters. The van der Waals surface area contributed by atoms with E-state index in [1.54, 1.807) is 6.07 Å². The highest BCUT2D eigenvalue weighted by Gasteiger charge is 2.08. The molecular weight excluding hydrogens is 268 g/mol. The van der Waals surface area contributed by atoms with Crippen molar-refractivity contribution in [3.8, 4) is 6.01 Å². The molecule has 2 rings (SSSR count). The SMILES string of the molecule is CCOc1nc(NN)nc(Nc2ccccc2Cl)n1. The van der Waals surface area contributed by atoms with E-state index in [9.17, 15) is 0 Å². The van der Waals surface area contributed by atoms with Crippen molar-refractivity contribution in [2.24, 2.45) is 5.84 Å². The molecule has 0 bridgehead atoms. The molecule has 1 aromatic heterocycles. The van der Waals surface area contributed by atoms with Crippen LogP contribution < -0.4 is 21.3 Å². The van der Waals surface area contributed by atoms with Gasteiger partial charge in [-0.1, -0.05) is 23.7 Å². The highest BCUT2D eigenvalue weighted by Crippen LogP contribution is 2.24. The van der Waals surface area contributed by atoms with E-state index in [0.29, 0.717) is 23.3 Å². The van der Waals surface area contributed by atoms with Gasteiger partial charge in [0.1, 0.15) is 0 Å². The summed E-state index contributed by atoms with van der Waals surface area (Å²) in [7, 11) is 0. The lowest BCUT2D eigenvalue weighted by Crippen LogP contribution is -2.13. The second-order valence-electron chi connectivity index (χ2n) is 3.45. The van der Waals surface area contributed by atoms with Gasteiger partial charge in [-0.2, -0.15) is 15.0 Å². The molecule has 0 aliphatic rings. The first-order valence-electron chi connectivity index (χ1n) is 5.60. The van der Waals surface area contributed by atoms with E-state index in [2.05, 4.69) is 25.7 Å². The average molecular weight is 281 g/mol. The number of para-hydroxylation sites is 1. The molecule has 100 valence electrons. The van der Waals surface area contributed by atoms with Gasteiger partial charge in [0.05, 0.1) is 17.3 Å². The van der Waals surface area contributed by atoms with Gasteiger partial charge < -0.3 is 10.1 Å². The molecular formula is C11H13ClN6O. The Morgan fingerprint density at radius 2 is 1.95 bits per heavy atom. The van der Waals surface area contributed by atoms with Gasteiger partial charge in [-0.15, -0.1) is 0 Å². The minimum Gasteiger partial charge on any atom is -0.464 e. The molecule has 1 aromatic carbocycles. The Kier molecular flexibility index (Phi) is 4.32. The van der Waals surface area contributed by atoms with E-state index in [-0.39, 0.29) is 12.0 Å².